The van der Waals surface area contributed by atoms with Gasteiger partial charge in [-0.1, -0.05) is 55.5 Å². The number of ether oxygens (including phenoxy) is 1. The summed E-state index contributed by atoms with van der Waals surface area (Å²) in [5.74, 6) is 0.999. The van der Waals surface area contributed by atoms with Crippen molar-refractivity contribution in [3.05, 3.63) is 65.7 Å². The van der Waals surface area contributed by atoms with E-state index < -0.39 is 0 Å². The summed E-state index contributed by atoms with van der Waals surface area (Å²) in [6.07, 6.45) is 2.08. The lowest BCUT2D eigenvalue weighted by Crippen LogP contribution is -2.22. The van der Waals surface area contributed by atoms with Gasteiger partial charge >= 0.3 is 0 Å². The molecule has 1 atom stereocenters. The molecule has 0 radical (unpaired) electrons. The Hall–Kier alpha value is -1.80. The molecular formula is C19H25NO. The van der Waals surface area contributed by atoms with Crippen molar-refractivity contribution < 1.29 is 4.74 Å². The SMILES string of the molecule is CCCOc1ccccc1C(C)NCCc1ccccc1. The Bertz CT molecular complexity index is 524. The maximum Gasteiger partial charge on any atom is 0.124 e. The Balaban J connectivity index is 1.89. The summed E-state index contributed by atoms with van der Waals surface area (Å²) in [6.45, 7) is 6.06. The molecule has 2 heteroatoms. The molecule has 0 aliphatic carbocycles. The predicted octanol–water partition coefficient (Wildman–Crippen LogP) is 4.37. The van der Waals surface area contributed by atoms with Gasteiger partial charge in [-0.2, -0.15) is 0 Å². The first kappa shape index (κ1) is 15.6. The van der Waals surface area contributed by atoms with Crippen molar-refractivity contribution in [3.8, 4) is 5.75 Å². The summed E-state index contributed by atoms with van der Waals surface area (Å²) in [5, 5.41) is 3.58. The third-order valence-electron chi connectivity index (χ3n) is 3.55. The number of rotatable bonds is 8. The van der Waals surface area contributed by atoms with Crippen LogP contribution in [-0.2, 0) is 6.42 Å². The van der Waals surface area contributed by atoms with Gasteiger partial charge < -0.3 is 10.1 Å². The molecule has 0 bridgehead atoms. The number of hydrogen-bond acceptors (Lipinski definition) is 2. The second-order valence-corrected chi connectivity index (χ2v) is 5.30. The van der Waals surface area contributed by atoms with Gasteiger partial charge in [-0.25, -0.2) is 0 Å². The molecule has 0 spiro atoms. The van der Waals surface area contributed by atoms with Gasteiger partial charge in [0.1, 0.15) is 5.75 Å². The number of hydrogen-bond donors (Lipinski definition) is 1. The fourth-order valence-corrected chi connectivity index (χ4v) is 2.37. The van der Waals surface area contributed by atoms with Gasteiger partial charge in [0.05, 0.1) is 6.61 Å². The van der Waals surface area contributed by atoms with Gasteiger partial charge in [0.15, 0.2) is 0 Å². The molecule has 1 N–H and O–H groups in total. The van der Waals surface area contributed by atoms with Crippen molar-refractivity contribution in [1.82, 2.24) is 5.32 Å². The van der Waals surface area contributed by atoms with E-state index in [1.54, 1.807) is 0 Å². The summed E-state index contributed by atoms with van der Waals surface area (Å²) < 4.78 is 5.83. The largest absolute Gasteiger partial charge is 0.493 e. The molecule has 2 aromatic carbocycles. The van der Waals surface area contributed by atoms with Gasteiger partial charge in [-0.3, -0.25) is 0 Å². The summed E-state index contributed by atoms with van der Waals surface area (Å²) >= 11 is 0. The van der Waals surface area contributed by atoms with E-state index in [0.29, 0.717) is 6.04 Å². The van der Waals surface area contributed by atoms with Crippen molar-refractivity contribution in [2.45, 2.75) is 32.7 Å². The Kier molecular flexibility index (Phi) is 6.29. The van der Waals surface area contributed by atoms with Crippen molar-refractivity contribution in [3.63, 3.8) is 0 Å². The highest BCUT2D eigenvalue weighted by Gasteiger charge is 2.10. The number of benzene rings is 2. The van der Waals surface area contributed by atoms with Crippen LogP contribution in [0.4, 0.5) is 0 Å². The van der Waals surface area contributed by atoms with Crippen LogP contribution in [0.25, 0.3) is 0 Å². The minimum absolute atomic E-state index is 0.293. The van der Waals surface area contributed by atoms with Crippen LogP contribution in [0.3, 0.4) is 0 Å². The van der Waals surface area contributed by atoms with Gasteiger partial charge in [-0.05, 0) is 37.9 Å². The molecule has 0 saturated heterocycles. The molecule has 112 valence electrons. The zero-order valence-electron chi connectivity index (χ0n) is 13.0. The lowest BCUT2D eigenvalue weighted by Gasteiger charge is -2.18. The van der Waals surface area contributed by atoms with E-state index in [1.165, 1.54) is 11.1 Å². The summed E-state index contributed by atoms with van der Waals surface area (Å²) in [6, 6.07) is 19.2. The second-order valence-electron chi connectivity index (χ2n) is 5.30. The Morgan fingerprint density at radius 1 is 1.00 bits per heavy atom. The molecule has 21 heavy (non-hydrogen) atoms. The molecule has 0 aliphatic heterocycles. The maximum atomic E-state index is 5.83. The topological polar surface area (TPSA) is 21.3 Å². The van der Waals surface area contributed by atoms with Crippen molar-refractivity contribution in [2.24, 2.45) is 0 Å². The van der Waals surface area contributed by atoms with Crippen LogP contribution in [0.15, 0.2) is 54.6 Å². The molecule has 0 saturated carbocycles. The summed E-state index contributed by atoms with van der Waals surface area (Å²) in [7, 11) is 0. The van der Waals surface area contributed by atoms with E-state index in [-0.39, 0.29) is 0 Å². The zero-order chi connectivity index (χ0) is 14.9. The fraction of sp³-hybridized carbons (Fsp3) is 0.368. The highest BCUT2D eigenvalue weighted by Crippen LogP contribution is 2.24. The van der Waals surface area contributed by atoms with E-state index in [4.69, 9.17) is 4.74 Å². The molecule has 0 heterocycles. The first-order valence-corrected chi connectivity index (χ1v) is 7.80. The van der Waals surface area contributed by atoms with Crippen molar-refractivity contribution >= 4 is 0 Å². The molecule has 2 aromatic rings. The normalized spacial score (nSPS) is 12.1. The fourth-order valence-electron chi connectivity index (χ4n) is 2.37. The Labute approximate surface area is 128 Å². The highest BCUT2D eigenvalue weighted by atomic mass is 16.5. The van der Waals surface area contributed by atoms with Gasteiger partial charge in [0.25, 0.3) is 0 Å². The van der Waals surface area contributed by atoms with E-state index in [1.807, 2.05) is 6.07 Å². The van der Waals surface area contributed by atoms with E-state index in [9.17, 15) is 0 Å². The zero-order valence-corrected chi connectivity index (χ0v) is 13.0. The van der Waals surface area contributed by atoms with Gasteiger partial charge in [-0.15, -0.1) is 0 Å². The third kappa shape index (κ3) is 4.91. The first-order chi connectivity index (χ1) is 10.3. The molecule has 2 nitrogen and oxygen atoms in total. The van der Waals surface area contributed by atoms with Crippen LogP contribution in [-0.4, -0.2) is 13.2 Å². The lowest BCUT2D eigenvalue weighted by atomic mass is 10.1. The van der Waals surface area contributed by atoms with Crippen LogP contribution in [0.5, 0.6) is 5.75 Å². The van der Waals surface area contributed by atoms with E-state index >= 15 is 0 Å². The van der Waals surface area contributed by atoms with E-state index in [2.05, 4.69) is 67.7 Å². The highest BCUT2D eigenvalue weighted by molar-refractivity contribution is 5.35. The van der Waals surface area contributed by atoms with Crippen LogP contribution < -0.4 is 10.1 Å². The quantitative estimate of drug-likeness (QED) is 0.777. The average Bonchev–Trinajstić information content (AvgIpc) is 2.54. The Morgan fingerprint density at radius 2 is 1.71 bits per heavy atom. The lowest BCUT2D eigenvalue weighted by molar-refractivity contribution is 0.311. The molecule has 0 amide bonds. The Morgan fingerprint density at radius 3 is 2.48 bits per heavy atom. The molecule has 0 aromatic heterocycles. The second kappa shape index (κ2) is 8.48. The molecule has 0 fully saturated rings. The monoisotopic (exact) mass is 283 g/mol. The smallest absolute Gasteiger partial charge is 0.124 e. The van der Waals surface area contributed by atoms with Crippen molar-refractivity contribution in [2.75, 3.05) is 13.2 Å². The van der Waals surface area contributed by atoms with Gasteiger partial charge in [0.2, 0.25) is 0 Å². The van der Waals surface area contributed by atoms with E-state index in [0.717, 1.165) is 31.7 Å². The molecule has 2 rings (SSSR count). The standard InChI is InChI=1S/C19H25NO/c1-3-15-21-19-12-8-7-11-18(19)16(2)20-14-13-17-9-5-4-6-10-17/h4-12,16,20H,3,13-15H2,1-2H3. The van der Waals surface area contributed by atoms with Crippen molar-refractivity contribution in [1.29, 1.82) is 0 Å². The number of nitrogens with one attached hydrogen (secondary N) is 1. The van der Waals surface area contributed by atoms with Crippen LogP contribution in [0.2, 0.25) is 0 Å². The average molecular weight is 283 g/mol. The third-order valence-corrected chi connectivity index (χ3v) is 3.55. The summed E-state index contributed by atoms with van der Waals surface area (Å²) in [4.78, 5) is 0. The maximum absolute atomic E-state index is 5.83. The minimum Gasteiger partial charge on any atom is -0.493 e. The summed E-state index contributed by atoms with van der Waals surface area (Å²) in [5.41, 5.74) is 2.60. The minimum atomic E-state index is 0.293. The molecule has 1 unspecified atom stereocenters. The predicted molar refractivity (Wildman–Crippen MR) is 88.8 cm³/mol. The van der Waals surface area contributed by atoms with Crippen LogP contribution >= 0.6 is 0 Å². The first-order valence-electron chi connectivity index (χ1n) is 7.80. The number of para-hydroxylation sites is 1. The van der Waals surface area contributed by atoms with Crippen LogP contribution in [0.1, 0.15) is 37.4 Å². The molecule has 0 aliphatic rings. The molecular weight excluding hydrogens is 258 g/mol. The van der Waals surface area contributed by atoms with Gasteiger partial charge in [0, 0.05) is 11.6 Å². The van der Waals surface area contributed by atoms with Crippen LogP contribution in [0, 0.1) is 0 Å².